The maximum absolute atomic E-state index is 10.9. The molecule has 0 aliphatic heterocycles. The lowest BCUT2D eigenvalue weighted by molar-refractivity contribution is -0.116. The Kier molecular flexibility index (Phi) is 5.57. The van der Waals surface area contributed by atoms with Crippen LogP contribution < -0.4 is 4.74 Å². The highest BCUT2D eigenvalue weighted by Crippen LogP contribution is 2.20. The lowest BCUT2D eigenvalue weighted by Crippen LogP contribution is -2.13. The van der Waals surface area contributed by atoms with E-state index in [9.17, 15) is 4.79 Å². The number of hydrogen-bond donors (Lipinski definition) is 0. The molecule has 3 heteroatoms. The number of carbonyl (C=O) groups excluding carboxylic acids is 1. The Hall–Kier alpha value is -1.82. The van der Waals surface area contributed by atoms with Crippen LogP contribution in [0.3, 0.4) is 0 Å². The molecule has 0 aliphatic carbocycles. The molecule has 0 heterocycles. The second-order valence-electron chi connectivity index (χ2n) is 5.44. The molecule has 102 valence electrons. The fourth-order valence-electron chi connectivity index (χ4n) is 1.55. The van der Waals surface area contributed by atoms with Gasteiger partial charge in [0, 0.05) is 6.42 Å². The summed E-state index contributed by atoms with van der Waals surface area (Å²) < 4.78 is 5.61. The van der Waals surface area contributed by atoms with E-state index in [0.29, 0.717) is 19.4 Å². The number of carbonyl (C=O) groups is 1. The molecule has 3 nitrogen and oxygen atoms in total. The van der Waals surface area contributed by atoms with Gasteiger partial charge in [0.05, 0.1) is 18.1 Å². The van der Waals surface area contributed by atoms with E-state index >= 15 is 0 Å². The fourth-order valence-corrected chi connectivity index (χ4v) is 1.55. The Balaban J connectivity index is 2.40. The molecule has 0 aromatic heterocycles. The Bertz CT molecular complexity index is 455. The number of Topliss-reactive ketones (excluding diaryl/α,β-unsaturated/α-hetero) is 1. The molecule has 0 aliphatic rings. The highest BCUT2D eigenvalue weighted by Gasteiger charge is 2.16. The van der Waals surface area contributed by atoms with E-state index in [4.69, 9.17) is 10.00 Å². The summed E-state index contributed by atoms with van der Waals surface area (Å²) in [5, 5.41) is 8.90. The summed E-state index contributed by atoms with van der Waals surface area (Å²) >= 11 is 0. The molecule has 0 N–H and O–H groups in total. The van der Waals surface area contributed by atoms with Gasteiger partial charge in [0.1, 0.15) is 11.5 Å². The van der Waals surface area contributed by atoms with Crippen molar-refractivity contribution in [3.8, 4) is 11.8 Å². The third kappa shape index (κ3) is 6.05. The third-order valence-corrected chi connectivity index (χ3v) is 2.99. The summed E-state index contributed by atoms with van der Waals surface area (Å²) in [5.74, 6) is 1.01. The maximum Gasteiger partial charge on any atom is 0.130 e. The Morgan fingerprint density at radius 3 is 2.47 bits per heavy atom. The van der Waals surface area contributed by atoms with E-state index in [1.54, 1.807) is 6.92 Å². The molecule has 0 atom stereocenters. The molecule has 0 amide bonds. The van der Waals surface area contributed by atoms with Crippen LogP contribution in [0.1, 0.15) is 39.2 Å². The highest BCUT2D eigenvalue weighted by atomic mass is 16.5. The molecule has 0 bridgehead atoms. The minimum Gasteiger partial charge on any atom is -0.494 e. The quantitative estimate of drug-likeness (QED) is 0.752. The molecule has 0 saturated carbocycles. The smallest absolute Gasteiger partial charge is 0.130 e. The zero-order valence-corrected chi connectivity index (χ0v) is 11.9. The number of rotatable bonds is 7. The molecule has 1 aromatic rings. The third-order valence-electron chi connectivity index (χ3n) is 2.99. The summed E-state index contributed by atoms with van der Waals surface area (Å²) in [4.78, 5) is 10.9. The average molecular weight is 259 g/mol. The topological polar surface area (TPSA) is 50.1 Å². The Morgan fingerprint density at radius 1 is 1.32 bits per heavy atom. The van der Waals surface area contributed by atoms with Crippen LogP contribution in [0.4, 0.5) is 0 Å². The van der Waals surface area contributed by atoms with E-state index in [2.05, 4.69) is 6.07 Å². The van der Waals surface area contributed by atoms with Gasteiger partial charge in [0.25, 0.3) is 0 Å². The predicted octanol–water partition coefficient (Wildman–Crippen LogP) is 3.53. The van der Waals surface area contributed by atoms with E-state index in [1.165, 1.54) is 0 Å². The normalized spacial score (nSPS) is 10.8. The van der Waals surface area contributed by atoms with E-state index < -0.39 is 0 Å². The first-order valence-electron chi connectivity index (χ1n) is 6.55. The van der Waals surface area contributed by atoms with Crippen molar-refractivity contribution in [3.63, 3.8) is 0 Å². The SMILES string of the molecule is CC(=O)CCc1ccc(OCCC(C)(C)C#N)cc1. The van der Waals surface area contributed by atoms with Gasteiger partial charge in [-0.25, -0.2) is 0 Å². The Labute approximate surface area is 115 Å². The number of aryl methyl sites for hydroxylation is 1. The van der Waals surface area contributed by atoms with Gasteiger partial charge in [-0.15, -0.1) is 0 Å². The van der Waals surface area contributed by atoms with Gasteiger partial charge in [0.15, 0.2) is 0 Å². The van der Waals surface area contributed by atoms with Gasteiger partial charge in [-0.3, -0.25) is 0 Å². The van der Waals surface area contributed by atoms with Crippen molar-refractivity contribution >= 4 is 5.78 Å². The molecule has 0 spiro atoms. The van der Waals surface area contributed by atoms with Crippen molar-refractivity contribution in [1.29, 1.82) is 5.26 Å². The number of hydrogen-bond acceptors (Lipinski definition) is 3. The Morgan fingerprint density at radius 2 is 1.95 bits per heavy atom. The second kappa shape index (κ2) is 6.94. The van der Waals surface area contributed by atoms with Crippen molar-refractivity contribution in [1.82, 2.24) is 0 Å². The number of ether oxygens (including phenoxy) is 1. The maximum atomic E-state index is 10.9. The van der Waals surface area contributed by atoms with E-state index in [-0.39, 0.29) is 11.2 Å². The van der Waals surface area contributed by atoms with Crippen molar-refractivity contribution in [2.24, 2.45) is 5.41 Å². The minimum absolute atomic E-state index is 0.207. The van der Waals surface area contributed by atoms with Gasteiger partial charge in [0.2, 0.25) is 0 Å². The van der Waals surface area contributed by atoms with Crippen LogP contribution in [-0.4, -0.2) is 12.4 Å². The molecule has 1 rings (SSSR count). The number of ketones is 1. The summed E-state index contributed by atoms with van der Waals surface area (Å²) in [7, 11) is 0. The van der Waals surface area contributed by atoms with Gasteiger partial charge in [-0.2, -0.15) is 5.26 Å². The van der Waals surface area contributed by atoms with Crippen LogP contribution in [0.2, 0.25) is 0 Å². The summed E-state index contributed by atoms with van der Waals surface area (Å²) in [6, 6.07) is 10.0. The van der Waals surface area contributed by atoms with Crippen LogP contribution in [-0.2, 0) is 11.2 Å². The molecular formula is C16H21NO2. The zero-order valence-electron chi connectivity index (χ0n) is 11.9. The summed E-state index contributed by atoms with van der Waals surface area (Å²) in [6.45, 7) is 5.95. The largest absolute Gasteiger partial charge is 0.494 e. The molecule has 0 fully saturated rings. The van der Waals surface area contributed by atoms with Crippen molar-refractivity contribution in [2.45, 2.75) is 40.0 Å². The van der Waals surface area contributed by atoms with Crippen LogP contribution in [0.15, 0.2) is 24.3 Å². The number of nitriles is 1. The molecular weight excluding hydrogens is 238 g/mol. The predicted molar refractivity (Wildman–Crippen MR) is 75.0 cm³/mol. The zero-order chi connectivity index (χ0) is 14.3. The van der Waals surface area contributed by atoms with Crippen molar-refractivity contribution in [2.75, 3.05) is 6.61 Å². The van der Waals surface area contributed by atoms with Crippen molar-refractivity contribution < 1.29 is 9.53 Å². The number of nitrogens with zero attached hydrogens (tertiary/aromatic N) is 1. The van der Waals surface area contributed by atoms with Crippen LogP contribution in [0, 0.1) is 16.7 Å². The lowest BCUT2D eigenvalue weighted by Gasteiger charge is -2.15. The monoisotopic (exact) mass is 259 g/mol. The first kappa shape index (κ1) is 15.2. The van der Waals surface area contributed by atoms with Crippen molar-refractivity contribution in [3.05, 3.63) is 29.8 Å². The van der Waals surface area contributed by atoms with Gasteiger partial charge in [-0.05, 0) is 51.3 Å². The van der Waals surface area contributed by atoms with Gasteiger partial charge in [-0.1, -0.05) is 12.1 Å². The first-order chi connectivity index (χ1) is 8.93. The molecule has 1 aromatic carbocycles. The standard InChI is InChI=1S/C16H21NO2/c1-13(18)4-5-14-6-8-15(9-7-14)19-11-10-16(2,3)12-17/h6-9H,4-5,10-11H2,1-3H3. The highest BCUT2D eigenvalue weighted by molar-refractivity contribution is 5.75. The average Bonchev–Trinajstić information content (AvgIpc) is 2.37. The molecule has 0 saturated heterocycles. The minimum atomic E-state index is -0.346. The van der Waals surface area contributed by atoms with E-state index in [0.717, 1.165) is 17.7 Å². The van der Waals surface area contributed by atoms with Crippen LogP contribution in [0.5, 0.6) is 5.75 Å². The number of benzene rings is 1. The molecule has 0 radical (unpaired) electrons. The summed E-state index contributed by atoms with van der Waals surface area (Å²) in [5.41, 5.74) is 0.793. The lowest BCUT2D eigenvalue weighted by atomic mass is 9.92. The van der Waals surface area contributed by atoms with Gasteiger partial charge >= 0.3 is 0 Å². The summed E-state index contributed by atoms with van der Waals surface area (Å²) in [6.07, 6.45) is 2.06. The van der Waals surface area contributed by atoms with Crippen LogP contribution in [0.25, 0.3) is 0 Å². The first-order valence-corrected chi connectivity index (χ1v) is 6.55. The second-order valence-corrected chi connectivity index (χ2v) is 5.44. The molecule has 0 unspecified atom stereocenters. The van der Waals surface area contributed by atoms with E-state index in [1.807, 2.05) is 38.1 Å². The molecule has 19 heavy (non-hydrogen) atoms. The van der Waals surface area contributed by atoms with Crippen LogP contribution >= 0.6 is 0 Å². The fraction of sp³-hybridized carbons (Fsp3) is 0.500. The van der Waals surface area contributed by atoms with Gasteiger partial charge < -0.3 is 9.53 Å².